The van der Waals surface area contributed by atoms with Gasteiger partial charge in [0.1, 0.15) is 0 Å². The Morgan fingerprint density at radius 1 is 1.60 bits per heavy atom. The second-order valence-corrected chi connectivity index (χ2v) is 3.31. The third-order valence-corrected chi connectivity index (χ3v) is 2.06. The molecule has 84 valence electrons. The van der Waals surface area contributed by atoms with Gasteiger partial charge in [0.05, 0.1) is 19.0 Å². The summed E-state index contributed by atoms with van der Waals surface area (Å²) in [5.41, 5.74) is 5.39. The van der Waals surface area contributed by atoms with Crippen LogP contribution in [0.3, 0.4) is 0 Å². The predicted octanol–water partition coefficient (Wildman–Crippen LogP) is -2.25. The molecule has 0 aliphatic carbocycles. The molecule has 0 bridgehead atoms. The summed E-state index contributed by atoms with van der Waals surface area (Å²) >= 11 is 0. The maximum Gasteiger partial charge on any atom is 0.305 e. The summed E-state index contributed by atoms with van der Waals surface area (Å²) in [7, 11) is 0. The molecule has 0 saturated carbocycles. The van der Waals surface area contributed by atoms with Gasteiger partial charge in [-0.2, -0.15) is 0 Å². The number of rotatable bonds is 3. The minimum Gasteiger partial charge on any atom is -0.481 e. The van der Waals surface area contributed by atoms with Crippen LogP contribution in [0.1, 0.15) is 6.42 Å². The van der Waals surface area contributed by atoms with E-state index in [2.05, 4.69) is 5.32 Å². The number of carboxylic acid groups (broad SMARTS) is 1. The lowest BCUT2D eigenvalue weighted by molar-refractivity contribution is -0.143. The second-order valence-electron chi connectivity index (χ2n) is 3.31. The van der Waals surface area contributed by atoms with Gasteiger partial charge < -0.3 is 21.1 Å². The molecule has 0 radical (unpaired) electrons. The molecule has 2 amide bonds. The van der Waals surface area contributed by atoms with Gasteiger partial charge in [-0.25, -0.2) is 0 Å². The first-order chi connectivity index (χ1) is 7.00. The van der Waals surface area contributed by atoms with E-state index in [-0.39, 0.29) is 12.5 Å². The van der Waals surface area contributed by atoms with Gasteiger partial charge in [0.15, 0.2) is 0 Å². The average molecular weight is 215 g/mol. The standard InChI is InChI=1S/C8H13N3O4/c9-5(3-7(13)14)8(15)11-2-1-10-6(12)4-11/h5H,1-4,9H2,(H,10,12)(H,13,14). The van der Waals surface area contributed by atoms with Gasteiger partial charge in [0.2, 0.25) is 11.8 Å². The van der Waals surface area contributed by atoms with E-state index in [1.807, 2.05) is 0 Å². The van der Waals surface area contributed by atoms with Crippen LogP contribution in [0.4, 0.5) is 0 Å². The predicted molar refractivity (Wildman–Crippen MR) is 49.8 cm³/mol. The molecule has 0 spiro atoms. The molecule has 1 rings (SSSR count). The molecule has 1 fully saturated rings. The van der Waals surface area contributed by atoms with Gasteiger partial charge in [-0.1, -0.05) is 0 Å². The number of hydrogen-bond donors (Lipinski definition) is 3. The number of nitrogens with zero attached hydrogens (tertiary/aromatic N) is 1. The minimum atomic E-state index is -1.13. The minimum absolute atomic E-state index is 0.0495. The van der Waals surface area contributed by atoms with E-state index in [4.69, 9.17) is 10.8 Å². The van der Waals surface area contributed by atoms with Crippen molar-refractivity contribution in [2.75, 3.05) is 19.6 Å². The van der Waals surface area contributed by atoms with E-state index in [0.717, 1.165) is 0 Å². The maximum atomic E-state index is 11.5. The van der Waals surface area contributed by atoms with Crippen molar-refractivity contribution in [3.05, 3.63) is 0 Å². The van der Waals surface area contributed by atoms with Crippen molar-refractivity contribution in [2.45, 2.75) is 12.5 Å². The Hall–Kier alpha value is -1.63. The smallest absolute Gasteiger partial charge is 0.305 e. The van der Waals surface area contributed by atoms with Crippen LogP contribution in [0.25, 0.3) is 0 Å². The Kier molecular flexibility index (Phi) is 3.62. The number of carboxylic acids is 1. The van der Waals surface area contributed by atoms with E-state index in [9.17, 15) is 14.4 Å². The van der Waals surface area contributed by atoms with Crippen molar-refractivity contribution < 1.29 is 19.5 Å². The lowest BCUT2D eigenvalue weighted by Gasteiger charge is -2.28. The Bertz CT molecular complexity index is 292. The first-order valence-electron chi connectivity index (χ1n) is 4.53. The van der Waals surface area contributed by atoms with Gasteiger partial charge in [0.25, 0.3) is 0 Å². The summed E-state index contributed by atoms with van der Waals surface area (Å²) in [6, 6.07) is -1.08. The van der Waals surface area contributed by atoms with Gasteiger partial charge >= 0.3 is 5.97 Å². The van der Waals surface area contributed by atoms with Crippen molar-refractivity contribution >= 4 is 17.8 Å². The molecule has 1 atom stereocenters. The van der Waals surface area contributed by atoms with Crippen LogP contribution in [0.15, 0.2) is 0 Å². The molecule has 1 saturated heterocycles. The summed E-state index contributed by atoms with van der Waals surface area (Å²) in [4.78, 5) is 34.1. The van der Waals surface area contributed by atoms with E-state index < -0.39 is 24.3 Å². The highest BCUT2D eigenvalue weighted by atomic mass is 16.4. The summed E-state index contributed by atoms with van der Waals surface area (Å²) in [5.74, 6) is -1.87. The third-order valence-electron chi connectivity index (χ3n) is 2.06. The summed E-state index contributed by atoms with van der Waals surface area (Å²) in [6.07, 6.45) is -0.420. The van der Waals surface area contributed by atoms with Gasteiger partial charge in [0, 0.05) is 13.1 Å². The Balaban J connectivity index is 2.51. The van der Waals surface area contributed by atoms with E-state index in [0.29, 0.717) is 13.1 Å². The number of piperazine rings is 1. The number of carbonyl (C=O) groups excluding carboxylic acids is 2. The van der Waals surface area contributed by atoms with Crippen molar-refractivity contribution in [3.63, 3.8) is 0 Å². The van der Waals surface area contributed by atoms with Gasteiger partial charge in [-0.3, -0.25) is 14.4 Å². The zero-order chi connectivity index (χ0) is 11.4. The normalized spacial score (nSPS) is 18.2. The molecule has 1 aliphatic heterocycles. The van der Waals surface area contributed by atoms with Crippen LogP contribution < -0.4 is 11.1 Å². The number of hydrogen-bond acceptors (Lipinski definition) is 4. The monoisotopic (exact) mass is 215 g/mol. The molecule has 0 aromatic rings. The number of nitrogens with one attached hydrogen (secondary N) is 1. The molecular formula is C8H13N3O4. The fraction of sp³-hybridized carbons (Fsp3) is 0.625. The molecule has 15 heavy (non-hydrogen) atoms. The van der Waals surface area contributed by atoms with Crippen molar-refractivity contribution in [1.82, 2.24) is 10.2 Å². The molecule has 0 aromatic carbocycles. The lowest BCUT2D eigenvalue weighted by Crippen LogP contribution is -2.54. The molecular weight excluding hydrogens is 202 g/mol. The quantitative estimate of drug-likeness (QED) is 0.492. The van der Waals surface area contributed by atoms with Gasteiger partial charge in [-0.05, 0) is 0 Å². The van der Waals surface area contributed by atoms with Crippen LogP contribution in [-0.2, 0) is 14.4 Å². The first kappa shape index (κ1) is 11.4. The average Bonchev–Trinajstić information content (AvgIpc) is 2.15. The zero-order valence-electron chi connectivity index (χ0n) is 8.10. The Morgan fingerprint density at radius 3 is 2.80 bits per heavy atom. The molecule has 1 unspecified atom stereocenters. The van der Waals surface area contributed by atoms with Crippen molar-refractivity contribution in [2.24, 2.45) is 5.73 Å². The third kappa shape index (κ3) is 3.21. The zero-order valence-corrected chi connectivity index (χ0v) is 8.10. The fourth-order valence-corrected chi connectivity index (χ4v) is 1.34. The fourth-order valence-electron chi connectivity index (χ4n) is 1.34. The molecule has 0 aromatic heterocycles. The molecule has 7 heteroatoms. The molecule has 7 nitrogen and oxygen atoms in total. The molecule has 1 heterocycles. The highest BCUT2D eigenvalue weighted by molar-refractivity contribution is 5.90. The van der Waals surface area contributed by atoms with Crippen molar-refractivity contribution in [3.8, 4) is 0 Å². The van der Waals surface area contributed by atoms with Crippen LogP contribution in [0.5, 0.6) is 0 Å². The van der Waals surface area contributed by atoms with Crippen LogP contribution in [-0.4, -0.2) is 53.5 Å². The lowest BCUT2D eigenvalue weighted by atomic mass is 10.2. The topological polar surface area (TPSA) is 113 Å². The van der Waals surface area contributed by atoms with Gasteiger partial charge in [-0.15, -0.1) is 0 Å². The summed E-state index contributed by atoms with van der Waals surface area (Å²) in [5, 5.41) is 11.0. The summed E-state index contributed by atoms with van der Waals surface area (Å²) < 4.78 is 0. The Morgan fingerprint density at radius 2 is 2.27 bits per heavy atom. The van der Waals surface area contributed by atoms with E-state index in [1.54, 1.807) is 0 Å². The number of nitrogens with two attached hydrogens (primary N) is 1. The Labute approximate surface area is 86.2 Å². The van der Waals surface area contributed by atoms with Crippen LogP contribution in [0, 0.1) is 0 Å². The highest BCUT2D eigenvalue weighted by Gasteiger charge is 2.26. The van der Waals surface area contributed by atoms with E-state index >= 15 is 0 Å². The number of amides is 2. The second kappa shape index (κ2) is 4.74. The van der Waals surface area contributed by atoms with Crippen molar-refractivity contribution in [1.29, 1.82) is 0 Å². The largest absolute Gasteiger partial charge is 0.481 e. The number of carbonyl (C=O) groups is 3. The maximum absolute atomic E-state index is 11.5. The summed E-state index contributed by atoms with van der Waals surface area (Å²) in [6.45, 7) is 0.703. The SMILES string of the molecule is NC(CC(=O)O)C(=O)N1CCNC(=O)C1. The first-order valence-corrected chi connectivity index (χ1v) is 4.53. The van der Waals surface area contributed by atoms with E-state index in [1.165, 1.54) is 4.90 Å². The number of aliphatic carboxylic acids is 1. The molecule has 1 aliphatic rings. The molecule has 4 N–H and O–H groups in total. The van der Waals surface area contributed by atoms with Crippen LogP contribution in [0.2, 0.25) is 0 Å². The van der Waals surface area contributed by atoms with Crippen LogP contribution >= 0.6 is 0 Å². The highest BCUT2D eigenvalue weighted by Crippen LogP contribution is 2.00.